The van der Waals surface area contributed by atoms with Crippen LogP contribution < -0.4 is 4.74 Å². The summed E-state index contributed by atoms with van der Waals surface area (Å²) < 4.78 is 5.63. The lowest BCUT2D eigenvalue weighted by Crippen LogP contribution is -2.42. The van der Waals surface area contributed by atoms with Gasteiger partial charge in [0.2, 0.25) is 0 Å². The van der Waals surface area contributed by atoms with Gasteiger partial charge in [0.25, 0.3) is 0 Å². The van der Waals surface area contributed by atoms with E-state index in [0.29, 0.717) is 30.9 Å². The number of benzene rings is 4. The first-order valence-electron chi connectivity index (χ1n) is 22.3. The van der Waals surface area contributed by atoms with Crippen LogP contribution in [0.1, 0.15) is 140 Å². The van der Waals surface area contributed by atoms with Crippen LogP contribution in [0.5, 0.6) is 5.75 Å². The average Bonchev–Trinajstić information content (AvgIpc) is 3.29. The number of carboxylic acids is 1. The number of hydrogen-bond donors (Lipinski definition) is 1. The van der Waals surface area contributed by atoms with Crippen molar-refractivity contribution >= 4 is 11.9 Å². The van der Waals surface area contributed by atoms with Crippen molar-refractivity contribution in [2.75, 3.05) is 0 Å². The van der Waals surface area contributed by atoms with Gasteiger partial charge in [-0.15, -0.1) is 0 Å². The summed E-state index contributed by atoms with van der Waals surface area (Å²) in [5.74, 6) is -0.469. The molecule has 0 saturated heterocycles. The van der Waals surface area contributed by atoms with Gasteiger partial charge in [-0.05, 0) is 114 Å². The number of carboxylic acid groups (broad SMARTS) is 1. The van der Waals surface area contributed by atoms with Gasteiger partial charge in [0.15, 0.2) is 10.8 Å². The van der Waals surface area contributed by atoms with Crippen LogP contribution in [0.4, 0.5) is 0 Å². The molecule has 6 rings (SSSR count). The summed E-state index contributed by atoms with van der Waals surface area (Å²) >= 11 is 0. The molecule has 0 amide bonds. The Bertz CT molecular complexity index is 2020. The Hall–Kier alpha value is -5.20. The largest absolute Gasteiger partial charge is 0.480 e. The standard InChI is InChI=1S/C27H33NO2.C26H31NO2/c1-3-5-6-8-20-10-12-22(13-11-20)23-14-16-24(17-15-23)25-21(4-2)9-7-18-27(25,19-28)26(29)30;1-3-5-7-21-9-11-22(12-10-21)23-13-15-24(16-14-23)29-25(28)26(19-27)17-6-8-20(4-2)18-26/h10-17,21,25H,3-9,18H2,1-2H3,(H,29,30);9-16,20H,3-8,17-18H2,1-2H3. The molecule has 0 bridgehead atoms. The molecule has 5 atom stereocenters. The number of ether oxygens (including phenoxy) is 1. The first-order valence-corrected chi connectivity index (χ1v) is 22.3. The van der Waals surface area contributed by atoms with E-state index in [1.807, 2.05) is 36.4 Å². The number of hydrogen-bond acceptors (Lipinski definition) is 5. The third-order valence-corrected chi connectivity index (χ3v) is 13.1. The number of unbranched alkanes of at least 4 members (excludes halogenated alkanes) is 3. The summed E-state index contributed by atoms with van der Waals surface area (Å²) in [6.07, 6.45) is 15.7. The molecule has 0 aromatic heterocycles. The van der Waals surface area contributed by atoms with Crippen LogP contribution in [0, 0.1) is 45.3 Å². The fraction of sp³-hybridized carbons (Fsp3) is 0.472. The zero-order chi connectivity index (χ0) is 42.3. The fourth-order valence-corrected chi connectivity index (χ4v) is 9.34. The number of nitriles is 2. The molecule has 2 aliphatic carbocycles. The molecule has 310 valence electrons. The van der Waals surface area contributed by atoms with Gasteiger partial charge >= 0.3 is 11.9 Å². The first kappa shape index (κ1) is 44.9. The number of nitrogens with zero attached hydrogens (tertiary/aromatic N) is 2. The van der Waals surface area contributed by atoms with Crippen molar-refractivity contribution < 1.29 is 19.4 Å². The van der Waals surface area contributed by atoms with Gasteiger partial charge in [0.1, 0.15) is 5.75 Å². The van der Waals surface area contributed by atoms with Crippen LogP contribution in [0.2, 0.25) is 0 Å². The van der Waals surface area contributed by atoms with Crippen molar-refractivity contribution in [1.29, 1.82) is 10.5 Å². The van der Waals surface area contributed by atoms with E-state index in [2.05, 4.69) is 100 Å². The van der Waals surface area contributed by atoms with Crippen molar-refractivity contribution in [2.45, 2.75) is 136 Å². The van der Waals surface area contributed by atoms with Crippen molar-refractivity contribution in [1.82, 2.24) is 0 Å². The molecule has 2 fully saturated rings. The van der Waals surface area contributed by atoms with Crippen LogP contribution in [0.25, 0.3) is 22.3 Å². The molecule has 1 N–H and O–H groups in total. The third kappa shape index (κ3) is 11.1. The predicted octanol–water partition coefficient (Wildman–Crippen LogP) is 13.7. The topological polar surface area (TPSA) is 111 Å². The number of carbonyl (C=O) groups is 2. The lowest BCUT2D eigenvalue weighted by atomic mass is 9.59. The molecule has 0 heterocycles. The fourth-order valence-electron chi connectivity index (χ4n) is 9.34. The normalized spacial score (nSPS) is 22.5. The molecule has 6 nitrogen and oxygen atoms in total. The van der Waals surface area contributed by atoms with Gasteiger partial charge in [-0.1, -0.05) is 164 Å². The van der Waals surface area contributed by atoms with E-state index < -0.39 is 22.8 Å². The quantitative estimate of drug-likeness (QED) is 0.0729. The van der Waals surface area contributed by atoms with E-state index in [4.69, 9.17) is 4.74 Å². The average molecular weight is 793 g/mol. The highest BCUT2D eigenvalue weighted by Gasteiger charge is 2.52. The lowest BCUT2D eigenvalue weighted by molar-refractivity contribution is -0.149. The van der Waals surface area contributed by atoms with Gasteiger partial charge in [0, 0.05) is 5.92 Å². The SMILES string of the molecule is CCCCCc1ccc(-c2ccc(C3C(CC)CCCC3(C#N)C(=O)O)cc2)cc1.CCCCc1ccc(-c2ccc(OC(=O)C3(C#N)CCCC(CC)C3)cc2)cc1. The summed E-state index contributed by atoms with van der Waals surface area (Å²) in [6.45, 7) is 8.65. The Labute approximate surface area is 353 Å². The Kier molecular flexibility index (Phi) is 16.5. The maximum absolute atomic E-state index is 12.8. The van der Waals surface area contributed by atoms with E-state index >= 15 is 0 Å². The Morgan fingerprint density at radius 3 is 1.68 bits per heavy atom. The summed E-state index contributed by atoms with van der Waals surface area (Å²) in [4.78, 5) is 25.0. The lowest BCUT2D eigenvalue weighted by Gasteiger charge is -2.41. The molecule has 2 saturated carbocycles. The Morgan fingerprint density at radius 1 is 0.661 bits per heavy atom. The van der Waals surface area contributed by atoms with E-state index in [1.165, 1.54) is 48.8 Å². The van der Waals surface area contributed by atoms with E-state index in [1.54, 1.807) is 0 Å². The second-order valence-electron chi connectivity index (χ2n) is 17.0. The molecule has 5 unspecified atom stereocenters. The number of carbonyl (C=O) groups excluding carboxylic acids is 1. The van der Waals surface area contributed by atoms with Gasteiger partial charge in [-0.3, -0.25) is 4.79 Å². The predicted molar refractivity (Wildman–Crippen MR) is 238 cm³/mol. The number of rotatable bonds is 15. The molecular formula is C53H64N2O4. The van der Waals surface area contributed by atoms with Gasteiger partial charge in [0.05, 0.1) is 12.1 Å². The van der Waals surface area contributed by atoms with Crippen LogP contribution >= 0.6 is 0 Å². The van der Waals surface area contributed by atoms with E-state index in [-0.39, 0.29) is 11.8 Å². The van der Waals surface area contributed by atoms with Gasteiger partial charge < -0.3 is 9.84 Å². The van der Waals surface area contributed by atoms with E-state index in [9.17, 15) is 25.2 Å². The highest BCUT2D eigenvalue weighted by molar-refractivity contribution is 5.82. The molecule has 0 aliphatic heterocycles. The smallest absolute Gasteiger partial charge is 0.331 e. The molecule has 2 aliphatic rings. The van der Waals surface area contributed by atoms with Crippen molar-refractivity contribution in [3.63, 3.8) is 0 Å². The molecule has 4 aromatic rings. The highest BCUT2D eigenvalue weighted by atomic mass is 16.5. The van der Waals surface area contributed by atoms with E-state index in [0.717, 1.165) is 73.6 Å². The molecule has 0 spiro atoms. The number of esters is 1. The first-order chi connectivity index (χ1) is 28.6. The Balaban J connectivity index is 0.000000224. The second kappa shape index (κ2) is 21.7. The van der Waals surface area contributed by atoms with Gasteiger partial charge in [-0.25, -0.2) is 4.79 Å². The monoisotopic (exact) mass is 792 g/mol. The van der Waals surface area contributed by atoms with Crippen LogP contribution in [-0.2, 0) is 22.4 Å². The molecule has 0 radical (unpaired) electrons. The Morgan fingerprint density at radius 2 is 1.19 bits per heavy atom. The van der Waals surface area contributed by atoms with Crippen LogP contribution in [0.15, 0.2) is 97.1 Å². The second-order valence-corrected chi connectivity index (χ2v) is 17.0. The third-order valence-electron chi connectivity index (χ3n) is 13.1. The van der Waals surface area contributed by atoms with Crippen molar-refractivity contribution in [3.8, 4) is 40.1 Å². The minimum absolute atomic E-state index is 0.225. The minimum atomic E-state index is -1.32. The maximum Gasteiger partial charge on any atom is 0.331 e. The summed E-state index contributed by atoms with van der Waals surface area (Å²) in [6, 6.07) is 37.7. The number of aliphatic carboxylic acids is 1. The molecule has 59 heavy (non-hydrogen) atoms. The molecule has 4 aromatic carbocycles. The summed E-state index contributed by atoms with van der Waals surface area (Å²) in [7, 11) is 0. The van der Waals surface area contributed by atoms with Crippen molar-refractivity contribution in [2.24, 2.45) is 22.7 Å². The highest BCUT2D eigenvalue weighted by Crippen LogP contribution is 2.51. The number of aryl methyl sites for hydroxylation is 2. The van der Waals surface area contributed by atoms with Crippen LogP contribution in [0.3, 0.4) is 0 Å². The minimum Gasteiger partial charge on any atom is -0.480 e. The zero-order valence-corrected chi connectivity index (χ0v) is 35.8. The van der Waals surface area contributed by atoms with Crippen LogP contribution in [-0.4, -0.2) is 17.0 Å². The molecule has 6 heteroatoms. The zero-order valence-electron chi connectivity index (χ0n) is 35.8. The summed E-state index contributed by atoms with van der Waals surface area (Å²) in [5, 5.41) is 29.5. The maximum atomic E-state index is 12.8. The van der Waals surface area contributed by atoms with Gasteiger partial charge in [-0.2, -0.15) is 10.5 Å². The van der Waals surface area contributed by atoms with Crippen molar-refractivity contribution in [3.05, 3.63) is 114 Å². The summed E-state index contributed by atoms with van der Waals surface area (Å²) in [5.41, 5.74) is 5.93. The molecular weight excluding hydrogens is 729 g/mol.